The Morgan fingerprint density at radius 3 is 2.61 bits per heavy atom. The number of guanidine groups is 1. The van der Waals surface area contributed by atoms with Gasteiger partial charge in [0.05, 0.1) is 23.3 Å². The summed E-state index contributed by atoms with van der Waals surface area (Å²) in [4.78, 5) is 8.95. The highest BCUT2D eigenvalue weighted by molar-refractivity contribution is 7.09. The number of nitrogens with one attached hydrogen (secondary N) is 2. The van der Waals surface area contributed by atoms with Crippen molar-refractivity contribution in [1.82, 2.24) is 15.6 Å². The van der Waals surface area contributed by atoms with Crippen LogP contribution in [0.4, 0.5) is 0 Å². The highest BCUT2D eigenvalue weighted by Gasteiger charge is 2.10. The monoisotopic (exact) mass is 330 g/mol. The third-order valence-corrected chi connectivity index (χ3v) is 4.93. The molecule has 0 radical (unpaired) electrons. The fourth-order valence-electron chi connectivity index (χ4n) is 2.39. The van der Waals surface area contributed by atoms with E-state index in [1.807, 2.05) is 0 Å². The second-order valence-corrected chi connectivity index (χ2v) is 6.87. The molecule has 1 heterocycles. The predicted molar refractivity (Wildman–Crippen MR) is 99.1 cm³/mol. The Bertz CT molecular complexity index is 661. The van der Waals surface area contributed by atoms with Crippen LogP contribution < -0.4 is 10.6 Å². The predicted octanol–water partition coefficient (Wildman–Crippen LogP) is 4.00. The van der Waals surface area contributed by atoms with E-state index in [-0.39, 0.29) is 6.04 Å². The van der Waals surface area contributed by atoms with Crippen molar-refractivity contribution in [2.75, 3.05) is 7.05 Å². The number of aromatic nitrogens is 1. The molecule has 0 aliphatic rings. The van der Waals surface area contributed by atoms with Gasteiger partial charge in [0.2, 0.25) is 0 Å². The summed E-state index contributed by atoms with van der Waals surface area (Å²) in [5, 5.41) is 10.1. The van der Waals surface area contributed by atoms with Crippen LogP contribution in [0.25, 0.3) is 0 Å². The fourth-order valence-corrected chi connectivity index (χ4v) is 3.23. The first-order valence-corrected chi connectivity index (χ1v) is 8.86. The molecular weight excluding hydrogens is 304 g/mol. The Hall–Kier alpha value is -1.88. The molecule has 0 fully saturated rings. The van der Waals surface area contributed by atoms with E-state index in [9.17, 15) is 0 Å². The summed E-state index contributed by atoms with van der Waals surface area (Å²) in [7, 11) is 1.79. The number of rotatable bonds is 5. The lowest BCUT2D eigenvalue weighted by molar-refractivity contribution is 0.679. The standard InChI is InChI=1S/C18H26N4S/c1-12(2)17-22-15(11-23-17)10-20-18(19-5)21-14(4)16-9-7-6-8-13(16)3/h6-9,11-12,14H,10H2,1-5H3,(H2,19,20,21). The summed E-state index contributed by atoms with van der Waals surface area (Å²) < 4.78 is 0. The molecule has 4 nitrogen and oxygen atoms in total. The first-order chi connectivity index (χ1) is 11.0. The average molecular weight is 331 g/mol. The summed E-state index contributed by atoms with van der Waals surface area (Å²) >= 11 is 1.72. The molecule has 0 bridgehead atoms. The topological polar surface area (TPSA) is 49.3 Å². The van der Waals surface area contributed by atoms with Crippen LogP contribution in [0.1, 0.15) is 54.6 Å². The molecule has 2 aromatic rings. The van der Waals surface area contributed by atoms with Crippen molar-refractivity contribution in [1.29, 1.82) is 0 Å². The van der Waals surface area contributed by atoms with Crippen LogP contribution in [-0.2, 0) is 6.54 Å². The summed E-state index contributed by atoms with van der Waals surface area (Å²) in [6.45, 7) is 9.30. The van der Waals surface area contributed by atoms with Crippen LogP contribution in [0.15, 0.2) is 34.6 Å². The van der Waals surface area contributed by atoms with Crippen molar-refractivity contribution < 1.29 is 0 Å². The van der Waals surface area contributed by atoms with Crippen LogP contribution in [0.2, 0.25) is 0 Å². The third kappa shape index (κ3) is 4.79. The number of hydrogen-bond donors (Lipinski definition) is 2. The maximum atomic E-state index is 4.64. The van der Waals surface area contributed by atoms with Gasteiger partial charge in [0.1, 0.15) is 0 Å². The number of benzene rings is 1. The Morgan fingerprint density at radius 1 is 1.26 bits per heavy atom. The van der Waals surface area contributed by atoms with E-state index in [0.29, 0.717) is 12.5 Å². The Balaban J connectivity index is 1.94. The average Bonchev–Trinajstić information content (AvgIpc) is 3.00. The van der Waals surface area contributed by atoms with Crippen LogP contribution in [0.3, 0.4) is 0 Å². The first-order valence-electron chi connectivity index (χ1n) is 7.98. The number of nitrogens with zero attached hydrogens (tertiary/aromatic N) is 2. The van der Waals surface area contributed by atoms with Crippen LogP contribution in [0.5, 0.6) is 0 Å². The molecule has 2 rings (SSSR count). The van der Waals surface area contributed by atoms with E-state index in [1.165, 1.54) is 16.1 Å². The van der Waals surface area contributed by atoms with Gasteiger partial charge in [0, 0.05) is 18.3 Å². The normalized spacial score (nSPS) is 13.2. The molecule has 0 amide bonds. The molecule has 0 saturated carbocycles. The zero-order valence-electron chi connectivity index (χ0n) is 14.6. The van der Waals surface area contributed by atoms with Crippen molar-refractivity contribution in [3.8, 4) is 0 Å². The minimum atomic E-state index is 0.198. The smallest absolute Gasteiger partial charge is 0.191 e. The summed E-state index contributed by atoms with van der Waals surface area (Å²) in [5.41, 5.74) is 3.63. The summed E-state index contributed by atoms with van der Waals surface area (Å²) in [6, 6.07) is 8.61. The molecule has 1 atom stereocenters. The maximum Gasteiger partial charge on any atom is 0.191 e. The van der Waals surface area contributed by atoms with Gasteiger partial charge in [-0.2, -0.15) is 0 Å². The molecule has 124 valence electrons. The zero-order valence-corrected chi connectivity index (χ0v) is 15.4. The molecule has 23 heavy (non-hydrogen) atoms. The van der Waals surface area contributed by atoms with Gasteiger partial charge < -0.3 is 10.6 Å². The number of hydrogen-bond acceptors (Lipinski definition) is 3. The molecule has 2 N–H and O–H groups in total. The lowest BCUT2D eigenvalue weighted by Crippen LogP contribution is -2.38. The second kappa shape index (κ2) is 8.11. The third-order valence-electron chi connectivity index (χ3n) is 3.73. The van der Waals surface area contributed by atoms with E-state index in [2.05, 4.69) is 78.0 Å². The van der Waals surface area contributed by atoms with Crippen LogP contribution in [-0.4, -0.2) is 18.0 Å². The van der Waals surface area contributed by atoms with Crippen molar-refractivity contribution in [3.63, 3.8) is 0 Å². The van der Waals surface area contributed by atoms with E-state index in [0.717, 1.165) is 11.7 Å². The molecule has 1 aromatic heterocycles. The largest absolute Gasteiger partial charge is 0.351 e. The number of aliphatic imine (C=N–C) groups is 1. The van der Waals surface area contributed by atoms with E-state index < -0.39 is 0 Å². The minimum absolute atomic E-state index is 0.198. The second-order valence-electron chi connectivity index (χ2n) is 5.98. The Kier molecular flexibility index (Phi) is 6.16. The summed E-state index contributed by atoms with van der Waals surface area (Å²) in [6.07, 6.45) is 0. The van der Waals surface area contributed by atoms with Gasteiger partial charge in [-0.05, 0) is 25.0 Å². The Morgan fingerprint density at radius 2 is 2.00 bits per heavy atom. The van der Waals surface area contributed by atoms with Crippen LogP contribution >= 0.6 is 11.3 Å². The molecule has 0 aliphatic carbocycles. The molecule has 0 aliphatic heterocycles. The van der Waals surface area contributed by atoms with E-state index >= 15 is 0 Å². The minimum Gasteiger partial charge on any atom is -0.351 e. The zero-order chi connectivity index (χ0) is 16.8. The van der Waals surface area contributed by atoms with Gasteiger partial charge in [-0.1, -0.05) is 38.1 Å². The quantitative estimate of drug-likeness (QED) is 0.643. The maximum absolute atomic E-state index is 4.64. The van der Waals surface area contributed by atoms with Gasteiger partial charge in [0.15, 0.2) is 5.96 Å². The van der Waals surface area contributed by atoms with Crippen molar-refractivity contribution >= 4 is 17.3 Å². The van der Waals surface area contributed by atoms with Crippen molar-refractivity contribution in [2.24, 2.45) is 4.99 Å². The highest BCUT2D eigenvalue weighted by Crippen LogP contribution is 2.19. The summed E-state index contributed by atoms with van der Waals surface area (Å²) in [5.74, 6) is 1.27. The first kappa shape index (κ1) is 17.5. The lowest BCUT2D eigenvalue weighted by Gasteiger charge is -2.19. The van der Waals surface area contributed by atoms with Crippen molar-refractivity contribution in [2.45, 2.75) is 46.2 Å². The van der Waals surface area contributed by atoms with Gasteiger partial charge in [-0.15, -0.1) is 11.3 Å². The molecular formula is C18H26N4S. The van der Waals surface area contributed by atoms with Gasteiger partial charge in [-0.3, -0.25) is 4.99 Å². The van der Waals surface area contributed by atoms with E-state index in [1.54, 1.807) is 18.4 Å². The van der Waals surface area contributed by atoms with E-state index in [4.69, 9.17) is 0 Å². The molecule has 0 saturated heterocycles. The molecule has 1 unspecified atom stereocenters. The number of aryl methyl sites for hydroxylation is 1. The molecule has 5 heteroatoms. The van der Waals surface area contributed by atoms with Crippen molar-refractivity contribution in [3.05, 3.63) is 51.5 Å². The molecule has 0 spiro atoms. The van der Waals surface area contributed by atoms with Crippen LogP contribution in [0, 0.1) is 6.92 Å². The Labute approximate surface area is 143 Å². The fraction of sp³-hybridized carbons (Fsp3) is 0.444. The number of thiazole rings is 1. The SMILES string of the molecule is CN=C(NCc1csc(C(C)C)n1)NC(C)c1ccccc1C. The van der Waals surface area contributed by atoms with Gasteiger partial charge >= 0.3 is 0 Å². The van der Waals surface area contributed by atoms with Gasteiger partial charge in [0.25, 0.3) is 0 Å². The van der Waals surface area contributed by atoms with Gasteiger partial charge in [-0.25, -0.2) is 4.98 Å². The lowest BCUT2D eigenvalue weighted by atomic mass is 10.0. The molecule has 1 aromatic carbocycles. The highest BCUT2D eigenvalue weighted by atomic mass is 32.1.